The van der Waals surface area contributed by atoms with Gasteiger partial charge in [0.1, 0.15) is 0 Å². The average Bonchev–Trinajstić information content (AvgIpc) is 2.13. The third-order valence-corrected chi connectivity index (χ3v) is 2.19. The Kier molecular flexibility index (Phi) is 3.99. The smallest absolute Gasteiger partial charge is 0.302 e. The summed E-state index contributed by atoms with van der Waals surface area (Å²) in [5.74, 6) is 0. The summed E-state index contributed by atoms with van der Waals surface area (Å²) >= 11 is 5.73. The highest BCUT2D eigenvalue weighted by Crippen LogP contribution is 2.19. The van der Waals surface area contributed by atoms with Gasteiger partial charge < -0.3 is 5.32 Å². The van der Waals surface area contributed by atoms with Gasteiger partial charge in [0.2, 0.25) is 0 Å². The van der Waals surface area contributed by atoms with Crippen molar-refractivity contribution < 1.29 is 13.2 Å². The molecule has 1 aromatic carbocycles. The van der Waals surface area contributed by atoms with Crippen LogP contribution in [0.3, 0.4) is 0 Å². The zero-order valence-electron chi connectivity index (χ0n) is 8.11. The highest BCUT2D eigenvalue weighted by atomic mass is 35.5. The van der Waals surface area contributed by atoms with Gasteiger partial charge in [0.25, 0.3) is 0 Å². The summed E-state index contributed by atoms with van der Waals surface area (Å²) in [7, 11) is 0. The van der Waals surface area contributed by atoms with Crippen LogP contribution in [-0.4, -0.2) is 12.7 Å². The third kappa shape index (κ3) is 4.53. The van der Waals surface area contributed by atoms with Crippen LogP contribution in [0, 0.1) is 0 Å². The first-order valence-electron chi connectivity index (χ1n) is 4.44. The van der Waals surface area contributed by atoms with Gasteiger partial charge in [0, 0.05) is 11.1 Å². The van der Waals surface area contributed by atoms with Crippen LogP contribution in [0.2, 0.25) is 5.02 Å². The van der Waals surface area contributed by atoms with Crippen molar-refractivity contribution in [3.05, 3.63) is 34.9 Å². The molecular formula is C10H11ClF3N. The molecule has 0 aliphatic rings. The Morgan fingerprint density at radius 1 is 1.40 bits per heavy atom. The van der Waals surface area contributed by atoms with E-state index in [2.05, 4.69) is 5.32 Å². The monoisotopic (exact) mass is 237 g/mol. The number of nitrogens with one attached hydrogen (secondary N) is 1. The summed E-state index contributed by atoms with van der Waals surface area (Å²) in [6.07, 6.45) is -4.19. The summed E-state index contributed by atoms with van der Waals surface area (Å²) in [5.41, 5.74) is 0.742. The van der Waals surface area contributed by atoms with Crippen molar-refractivity contribution in [1.82, 2.24) is 5.32 Å². The molecule has 1 N–H and O–H groups in total. The molecule has 84 valence electrons. The maximum absolute atomic E-state index is 11.9. The maximum atomic E-state index is 11.9. The molecule has 0 aliphatic heterocycles. The van der Waals surface area contributed by atoms with Crippen LogP contribution in [0.5, 0.6) is 0 Å². The largest absolute Gasteiger partial charge is 0.401 e. The van der Waals surface area contributed by atoms with Gasteiger partial charge in [-0.2, -0.15) is 13.2 Å². The average molecular weight is 238 g/mol. The minimum Gasteiger partial charge on any atom is -0.302 e. The summed E-state index contributed by atoms with van der Waals surface area (Å²) in [6.45, 7) is 0.665. The zero-order chi connectivity index (χ0) is 11.5. The van der Waals surface area contributed by atoms with Crippen LogP contribution < -0.4 is 5.32 Å². The van der Waals surface area contributed by atoms with Gasteiger partial charge in [-0.15, -0.1) is 0 Å². The molecule has 1 atom stereocenters. The minimum atomic E-state index is -4.19. The Morgan fingerprint density at radius 3 is 2.60 bits per heavy atom. The number of hydrogen-bond acceptors (Lipinski definition) is 1. The van der Waals surface area contributed by atoms with Crippen molar-refractivity contribution in [2.45, 2.75) is 19.1 Å². The molecule has 0 saturated heterocycles. The molecule has 0 fully saturated rings. The van der Waals surface area contributed by atoms with Gasteiger partial charge >= 0.3 is 6.18 Å². The lowest BCUT2D eigenvalue weighted by molar-refractivity contribution is -0.126. The molecular weight excluding hydrogens is 227 g/mol. The van der Waals surface area contributed by atoms with Crippen LogP contribution in [-0.2, 0) is 0 Å². The molecule has 0 aromatic heterocycles. The molecule has 0 bridgehead atoms. The van der Waals surface area contributed by atoms with E-state index in [4.69, 9.17) is 11.6 Å². The lowest BCUT2D eigenvalue weighted by atomic mass is 10.1. The Labute approximate surface area is 91.2 Å². The van der Waals surface area contributed by atoms with Crippen molar-refractivity contribution in [2.24, 2.45) is 0 Å². The zero-order valence-corrected chi connectivity index (χ0v) is 8.86. The second-order valence-corrected chi connectivity index (χ2v) is 3.71. The highest BCUT2D eigenvalue weighted by Gasteiger charge is 2.27. The first kappa shape index (κ1) is 12.3. The lowest BCUT2D eigenvalue weighted by Crippen LogP contribution is -2.30. The Balaban J connectivity index is 2.58. The van der Waals surface area contributed by atoms with E-state index in [9.17, 15) is 13.2 Å². The van der Waals surface area contributed by atoms with Crippen molar-refractivity contribution in [1.29, 1.82) is 0 Å². The highest BCUT2D eigenvalue weighted by molar-refractivity contribution is 6.30. The van der Waals surface area contributed by atoms with E-state index in [0.29, 0.717) is 5.02 Å². The number of rotatable bonds is 3. The summed E-state index contributed by atoms with van der Waals surface area (Å²) in [6, 6.07) is 6.41. The Hall–Kier alpha value is -0.740. The quantitative estimate of drug-likeness (QED) is 0.848. The molecule has 1 nitrogen and oxygen atoms in total. The number of halogens is 4. The van der Waals surface area contributed by atoms with E-state index < -0.39 is 12.7 Å². The molecule has 1 rings (SSSR count). The molecule has 1 unspecified atom stereocenters. The van der Waals surface area contributed by atoms with Gasteiger partial charge in [0.05, 0.1) is 6.54 Å². The van der Waals surface area contributed by atoms with Crippen molar-refractivity contribution in [2.75, 3.05) is 6.54 Å². The molecule has 0 amide bonds. The number of benzene rings is 1. The summed E-state index contributed by atoms with van der Waals surface area (Å²) in [4.78, 5) is 0. The fourth-order valence-corrected chi connectivity index (χ4v) is 1.36. The molecule has 0 saturated carbocycles. The van der Waals surface area contributed by atoms with Crippen molar-refractivity contribution in [3.63, 3.8) is 0 Å². The lowest BCUT2D eigenvalue weighted by Gasteiger charge is -2.15. The molecule has 15 heavy (non-hydrogen) atoms. The van der Waals surface area contributed by atoms with E-state index in [0.717, 1.165) is 5.56 Å². The molecule has 5 heteroatoms. The number of alkyl halides is 3. The molecule has 0 radical (unpaired) electrons. The topological polar surface area (TPSA) is 12.0 Å². The van der Waals surface area contributed by atoms with Crippen LogP contribution in [0.25, 0.3) is 0 Å². The fourth-order valence-electron chi connectivity index (χ4n) is 1.16. The molecule has 1 aromatic rings. The normalized spacial score (nSPS) is 13.9. The van der Waals surface area contributed by atoms with E-state index in [1.54, 1.807) is 31.2 Å². The SMILES string of the molecule is CC(NCC(F)(F)F)c1cccc(Cl)c1. The van der Waals surface area contributed by atoms with Crippen molar-refractivity contribution >= 4 is 11.6 Å². The second kappa shape index (κ2) is 4.86. The van der Waals surface area contributed by atoms with E-state index in [-0.39, 0.29) is 6.04 Å². The van der Waals surface area contributed by atoms with Gasteiger partial charge in [0.15, 0.2) is 0 Å². The standard InChI is InChI=1S/C10H11ClF3N/c1-7(15-6-10(12,13)14)8-3-2-4-9(11)5-8/h2-5,7,15H,6H2,1H3. The van der Waals surface area contributed by atoms with Gasteiger partial charge in [-0.3, -0.25) is 0 Å². The fraction of sp³-hybridized carbons (Fsp3) is 0.400. The first-order valence-corrected chi connectivity index (χ1v) is 4.82. The van der Waals surface area contributed by atoms with E-state index >= 15 is 0 Å². The summed E-state index contributed by atoms with van der Waals surface area (Å²) in [5, 5.41) is 2.90. The van der Waals surface area contributed by atoms with E-state index in [1.165, 1.54) is 0 Å². The van der Waals surface area contributed by atoms with Gasteiger partial charge in [-0.05, 0) is 24.6 Å². The molecule has 0 heterocycles. The van der Waals surface area contributed by atoms with Crippen molar-refractivity contribution in [3.8, 4) is 0 Å². The Bertz CT molecular complexity index is 325. The van der Waals surface area contributed by atoms with Gasteiger partial charge in [-0.1, -0.05) is 23.7 Å². The van der Waals surface area contributed by atoms with E-state index in [1.807, 2.05) is 0 Å². The summed E-state index contributed by atoms with van der Waals surface area (Å²) < 4.78 is 35.8. The predicted molar refractivity (Wildman–Crippen MR) is 53.9 cm³/mol. The van der Waals surface area contributed by atoms with Crippen LogP contribution >= 0.6 is 11.6 Å². The second-order valence-electron chi connectivity index (χ2n) is 3.27. The van der Waals surface area contributed by atoms with Crippen LogP contribution in [0.1, 0.15) is 18.5 Å². The predicted octanol–water partition coefficient (Wildman–Crippen LogP) is 3.55. The molecule has 0 aliphatic carbocycles. The Morgan fingerprint density at radius 2 is 2.07 bits per heavy atom. The third-order valence-electron chi connectivity index (χ3n) is 1.96. The molecule has 0 spiro atoms. The number of hydrogen-bond donors (Lipinski definition) is 1. The maximum Gasteiger partial charge on any atom is 0.401 e. The van der Waals surface area contributed by atoms with Crippen LogP contribution in [0.15, 0.2) is 24.3 Å². The first-order chi connectivity index (χ1) is 6.88. The van der Waals surface area contributed by atoms with Crippen LogP contribution in [0.4, 0.5) is 13.2 Å². The van der Waals surface area contributed by atoms with Gasteiger partial charge in [-0.25, -0.2) is 0 Å². The minimum absolute atomic E-state index is 0.370.